The van der Waals surface area contributed by atoms with Gasteiger partial charge >= 0.3 is 0 Å². The van der Waals surface area contributed by atoms with E-state index < -0.39 is 9.84 Å². The Morgan fingerprint density at radius 1 is 1.40 bits per heavy atom. The Labute approximate surface area is 62.5 Å². The fourth-order valence-electron chi connectivity index (χ4n) is 0.542. The van der Waals surface area contributed by atoms with Crippen LogP contribution in [0.1, 0.15) is 13.8 Å². The fourth-order valence-corrected chi connectivity index (χ4v) is 1.63. The molecule has 0 saturated carbocycles. The molecule has 4 heteroatoms. The van der Waals surface area contributed by atoms with Gasteiger partial charge in [-0.3, -0.25) is 0 Å². The van der Waals surface area contributed by atoms with Crippen LogP contribution < -0.4 is 5.73 Å². The molecule has 0 rings (SSSR count). The van der Waals surface area contributed by atoms with Crippen molar-refractivity contribution in [2.75, 3.05) is 12.0 Å². The zero-order valence-electron chi connectivity index (χ0n) is 6.66. The predicted molar refractivity (Wildman–Crippen MR) is 42.5 cm³/mol. The van der Waals surface area contributed by atoms with E-state index in [0.717, 1.165) is 0 Å². The first-order chi connectivity index (χ1) is 4.33. The molecule has 0 saturated heterocycles. The van der Waals surface area contributed by atoms with Crippen molar-refractivity contribution >= 4 is 9.84 Å². The maximum absolute atomic E-state index is 10.7. The monoisotopic (exact) mass is 165 g/mol. The van der Waals surface area contributed by atoms with Crippen LogP contribution in [0.5, 0.6) is 0 Å². The van der Waals surface area contributed by atoms with Crippen molar-refractivity contribution in [2.45, 2.75) is 19.9 Å². The van der Waals surface area contributed by atoms with Gasteiger partial charge in [0.05, 0.1) is 5.75 Å². The van der Waals surface area contributed by atoms with Crippen LogP contribution in [0.3, 0.4) is 0 Å². The second-order valence-electron chi connectivity index (χ2n) is 3.00. The van der Waals surface area contributed by atoms with Gasteiger partial charge in [-0.1, -0.05) is 13.8 Å². The van der Waals surface area contributed by atoms with Crippen LogP contribution in [0, 0.1) is 5.92 Å². The molecule has 0 amide bonds. The summed E-state index contributed by atoms with van der Waals surface area (Å²) in [5.74, 6) is 0.319. The van der Waals surface area contributed by atoms with Crippen LogP contribution in [0.2, 0.25) is 0 Å². The second kappa shape index (κ2) is 3.34. The third-order valence-electron chi connectivity index (χ3n) is 1.35. The van der Waals surface area contributed by atoms with Crippen LogP contribution in [0.4, 0.5) is 0 Å². The van der Waals surface area contributed by atoms with E-state index in [9.17, 15) is 8.42 Å². The summed E-state index contributed by atoms with van der Waals surface area (Å²) in [4.78, 5) is 0. The lowest BCUT2D eigenvalue weighted by Crippen LogP contribution is -2.33. The number of sulfone groups is 1. The molecule has 10 heavy (non-hydrogen) atoms. The summed E-state index contributed by atoms with van der Waals surface area (Å²) < 4.78 is 21.3. The van der Waals surface area contributed by atoms with E-state index in [4.69, 9.17) is 5.73 Å². The predicted octanol–water partition coefficient (Wildman–Crippen LogP) is 0.0143. The van der Waals surface area contributed by atoms with Gasteiger partial charge in [0.2, 0.25) is 0 Å². The molecule has 0 radical (unpaired) electrons. The number of hydrogen-bond acceptors (Lipinski definition) is 3. The van der Waals surface area contributed by atoms with Gasteiger partial charge in [0.15, 0.2) is 0 Å². The van der Waals surface area contributed by atoms with E-state index in [0.29, 0.717) is 0 Å². The highest BCUT2D eigenvalue weighted by Gasteiger charge is 2.13. The van der Waals surface area contributed by atoms with Gasteiger partial charge in [-0.25, -0.2) is 8.42 Å². The van der Waals surface area contributed by atoms with Crippen molar-refractivity contribution < 1.29 is 8.42 Å². The highest BCUT2D eigenvalue weighted by Crippen LogP contribution is 2.00. The molecule has 2 N–H and O–H groups in total. The molecule has 3 nitrogen and oxygen atoms in total. The summed E-state index contributed by atoms with van der Waals surface area (Å²) in [6, 6.07) is -0.227. The topological polar surface area (TPSA) is 60.2 Å². The molecule has 1 atom stereocenters. The van der Waals surface area contributed by atoms with E-state index in [-0.39, 0.29) is 17.7 Å². The third-order valence-corrected chi connectivity index (χ3v) is 2.34. The minimum absolute atomic E-state index is 0.0880. The molecule has 0 aliphatic heterocycles. The van der Waals surface area contributed by atoms with Crippen molar-refractivity contribution in [3.8, 4) is 0 Å². The Bertz CT molecular complexity index is 184. The summed E-state index contributed by atoms with van der Waals surface area (Å²) in [6.45, 7) is 3.83. The molecule has 0 aromatic heterocycles. The Morgan fingerprint density at radius 2 is 1.80 bits per heavy atom. The maximum Gasteiger partial charge on any atom is 0.148 e. The first kappa shape index (κ1) is 9.91. The highest BCUT2D eigenvalue weighted by atomic mass is 32.2. The molecule has 0 spiro atoms. The molecule has 0 fully saturated rings. The summed E-state index contributed by atoms with van der Waals surface area (Å²) in [5, 5.41) is 0. The molecule has 0 aromatic carbocycles. The van der Waals surface area contributed by atoms with Gasteiger partial charge in [-0.05, 0) is 5.92 Å². The first-order valence-electron chi connectivity index (χ1n) is 3.26. The molecule has 0 heterocycles. The van der Waals surface area contributed by atoms with E-state index in [1.807, 2.05) is 13.8 Å². The Morgan fingerprint density at radius 3 is 1.90 bits per heavy atom. The standard InChI is InChI=1S/C6H15NO2S/c1-5(2)6(7)4-10(3,8)9/h5-6H,4,7H2,1-3H3. The van der Waals surface area contributed by atoms with Crippen LogP contribution >= 0.6 is 0 Å². The van der Waals surface area contributed by atoms with E-state index in [1.54, 1.807) is 0 Å². The maximum atomic E-state index is 10.7. The van der Waals surface area contributed by atoms with Crippen LogP contribution in [0.25, 0.3) is 0 Å². The average Bonchev–Trinajstić information content (AvgIpc) is 1.60. The van der Waals surface area contributed by atoms with Crippen molar-refractivity contribution in [2.24, 2.45) is 11.7 Å². The number of rotatable bonds is 3. The summed E-state index contributed by atoms with van der Waals surface area (Å²) in [5.41, 5.74) is 5.52. The normalized spacial score (nSPS) is 15.7. The lowest BCUT2D eigenvalue weighted by Gasteiger charge is -2.13. The van der Waals surface area contributed by atoms with Gasteiger partial charge < -0.3 is 5.73 Å². The van der Waals surface area contributed by atoms with Gasteiger partial charge in [-0.2, -0.15) is 0 Å². The summed E-state index contributed by atoms with van der Waals surface area (Å²) in [6.07, 6.45) is 1.20. The van der Waals surface area contributed by atoms with Crippen LogP contribution in [-0.4, -0.2) is 26.5 Å². The Balaban J connectivity index is 3.93. The van der Waals surface area contributed by atoms with Crippen molar-refractivity contribution in [1.29, 1.82) is 0 Å². The van der Waals surface area contributed by atoms with Crippen LogP contribution in [-0.2, 0) is 9.84 Å². The largest absolute Gasteiger partial charge is 0.327 e. The van der Waals surface area contributed by atoms with E-state index >= 15 is 0 Å². The molecular formula is C6H15NO2S. The van der Waals surface area contributed by atoms with Gasteiger partial charge in [0.25, 0.3) is 0 Å². The molecule has 0 aliphatic rings. The van der Waals surface area contributed by atoms with E-state index in [2.05, 4.69) is 0 Å². The first-order valence-corrected chi connectivity index (χ1v) is 5.32. The molecule has 1 unspecified atom stereocenters. The molecule has 62 valence electrons. The van der Waals surface area contributed by atoms with E-state index in [1.165, 1.54) is 6.26 Å². The minimum Gasteiger partial charge on any atom is -0.327 e. The average molecular weight is 165 g/mol. The van der Waals surface area contributed by atoms with Gasteiger partial charge in [0.1, 0.15) is 9.84 Å². The highest BCUT2D eigenvalue weighted by molar-refractivity contribution is 7.90. The summed E-state index contributed by atoms with van der Waals surface area (Å²) >= 11 is 0. The zero-order chi connectivity index (χ0) is 8.36. The quantitative estimate of drug-likeness (QED) is 0.641. The SMILES string of the molecule is CC(C)C(N)CS(C)(=O)=O. The zero-order valence-corrected chi connectivity index (χ0v) is 7.48. The Hall–Kier alpha value is -0.0900. The van der Waals surface area contributed by atoms with Crippen molar-refractivity contribution in [3.05, 3.63) is 0 Å². The molecular weight excluding hydrogens is 150 g/mol. The van der Waals surface area contributed by atoms with Crippen molar-refractivity contribution in [3.63, 3.8) is 0 Å². The van der Waals surface area contributed by atoms with Gasteiger partial charge in [0, 0.05) is 12.3 Å². The van der Waals surface area contributed by atoms with Crippen molar-refractivity contribution in [1.82, 2.24) is 0 Å². The van der Waals surface area contributed by atoms with Crippen LogP contribution in [0.15, 0.2) is 0 Å². The molecule has 0 aromatic rings. The lowest BCUT2D eigenvalue weighted by molar-refractivity contribution is 0.518. The van der Waals surface area contributed by atoms with Gasteiger partial charge in [-0.15, -0.1) is 0 Å². The second-order valence-corrected chi connectivity index (χ2v) is 5.19. The smallest absolute Gasteiger partial charge is 0.148 e. The fraction of sp³-hybridized carbons (Fsp3) is 1.00. The molecule has 0 aliphatic carbocycles. The lowest BCUT2D eigenvalue weighted by atomic mass is 10.1. The minimum atomic E-state index is -2.89. The molecule has 0 bridgehead atoms. The summed E-state index contributed by atoms with van der Waals surface area (Å²) in [7, 11) is -2.89. The Kier molecular flexibility index (Phi) is 3.31. The number of nitrogens with two attached hydrogens (primary N) is 1. The third kappa shape index (κ3) is 4.76. The number of hydrogen-bond donors (Lipinski definition) is 1.